The van der Waals surface area contributed by atoms with E-state index in [0.29, 0.717) is 17.8 Å². The molecule has 4 amide bonds. The quantitative estimate of drug-likeness (QED) is 0.608. The highest BCUT2D eigenvalue weighted by Crippen LogP contribution is 2.38. The Morgan fingerprint density at radius 1 is 1.27 bits per heavy atom. The van der Waals surface area contributed by atoms with Gasteiger partial charge in [0.15, 0.2) is 0 Å². The SMILES string of the molecule is C=CCNC(=O)[C@H](C(C)C)N1CC2=C(C1=O)[C@H](c1ccc(C(F)(F)F)cc1)NC(=O)N2CC. The van der Waals surface area contributed by atoms with Crippen LogP contribution in [0.1, 0.15) is 37.9 Å². The number of halogens is 3. The van der Waals surface area contributed by atoms with Crippen LogP contribution < -0.4 is 10.6 Å². The summed E-state index contributed by atoms with van der Waals surface area (Å²) in [6.45, 7) is 9.55. The molecule has 2 atom stereocenters. The van der Waals surface area contributed by atoms with Gasteiger partial charge in [-0.15, -0.1) is 6.58 Å². The zero-order chi connectivity index (χ0) is 24.5. The lowest BCUT2D eigenvalue weighted by molar-refractivity contribution is -0.138. The van der Waals surface area contributed by atoms with E-state index in [9.17, 15) is 27.6 Å². The fraction of sp³-hybridized carbons (Fsp3) is 0.435. The van der Waals surface area contributed by atoms with E-state index in [-0.39, 0.29) is 30.5 Å². The third-order valence-electron chi connectivity index (χ3n) is 5.79. The molecule has 178 valence electrons. The van der Waals surface area contributed by atoms with Crippen molar-refractivity contribution in [2.45, 2.75) is 39.0 Å². The van der Waals surface area contributed by atoms with Crippen LogP contribution in [-0.2, 0) is 15.8 Å². The molecule has 7 nitrogen and oxygen atoms in total. The predicted molar refractivity (Wildman–Crippen MR) is 116 cm³/mol. The Morgan fingerprint density at radius 3 is 2.42 bits per heavy atom. The summed E-state index contributed by atoms with van der Waals surface area (Å²) in [7, 11) is 0. The maximum absolute atomic E-state index is 13.6. The standard InChI is InChI=1S/C23H27F3N4O3/c1-5-11-27-20(31)19(13(3)4)30-12-16-17(21(30)32)18(28-22(33)29(16)6-2)14-7-9-15(10-8-14)23(24,25)26/h5,7-10,13,18-19H,1,6,11-12H2,2-4H3,(H,27,31)(H,28,33)/t18-,19-/m0/s1. The molecule has 2 N–H and O–H groups in total. The molecule has 1 aromatic rings. The van der Waals surface area contributed by atoms with Crippen LogP contribution in [0.5, 0.6) is 0 Å². The van der Waals surface area contributed by atoms with Crippen LogP contribution in [0.15, 0.2) is 48.2 Å². The Bertz CT molecular complexity index is 986. The van der Waals surface area contributed by atoms with E-state index in [2.05, 4.69) is 17.2 Å². The minimum Gasteiger partial charge on any atom is -0.351 e. The molecule has 0 spiro atoms. The van der Waals surface area contributed by atoms with E-state index in [1.165, 1.54) is 28.0 Å². The monoisotopic (exact) mass is 464 g/mol. The van der Waals surface area contributed by atoms with Crippen molar-refractivity contribution in [1.29, 1.82) is 0 Å². The van der Waals surface area contributed by atoms with E-state index in [1.54, 1.807) is 6.92 Å². The first-order valence-electron chi connectivity index (χ1n) is 10.7. The van der Waals surface area contributed by atoms with E-state index in [4.69, 9.17) is 0 Å². The van der Waals surface area contributed by atoms with Crippen LogP contribution in [0.3, 0.4) is 0 Å². The summed E-state index contributed by atoms with van der Waals surface area (Å²) in [5, 5.41) is 5.45. The van der Waals surface area contributed by atoms with E-state index >= 15 is 0 Å². The summed E-state index contributed by atoms with van der Waals surface area (Å²) in [6, 6.07) is 2.20. The van der Waals surface area contributed by atoms with Crippen molar-refractivity contribution in [3.8, 4) is 0 Å². The number of hydrogen-bond acceptors (Lipinski definition) is 3. The first-order valence-corrected chi connectivity index (χ1v) is 10.7. The lowest BCUT2D eigenvalue weighted by Crippen LogP contribution is -2.51. The predicted octanol–water partition coefficient (Wildman–Crippen LogP) is 3.21. The van der Waals surface area contributed by atoms with Crippen molar-refractivity contribution < 1.29 is 27.6 Å². The van der Waals surface area contributed by atoms with Gasteiger partial charge in [-0.05, 0) is 30.5 Å². The molecule has 0 aromatic heterocycles. The van der Waals surface area contributed by atoms with Crippen molar-refractivity contribution in [2.75, 3.05) is 19.6 Å². The first-order chi connectivity index (χ1) is 15.5. The van der Waals surface area contributed by atoms with E-state index in [0.717, 1.165) is 12.1 Å². The van der Waals surface area contributed by atoms with Crippen molar-refractivity contribution in [2.24, 2.45) is 5.92 Å². The van der Waals surface area contributed by atoms with E-state index < -0.39 is 35.8 Å². The molecule has 0 bridgehead atoms. The van der Waals surface area contributed by atoms with Crippen molar-refractivity contribution >= 4 is 17.8 Å². The zero-order valence-electron chi connectivity index (χ0n) is 18.7. The second-order valence-electron chi connectivity index (χ2n) is 8.26. The van der Waals surface area contributed by atoms with Gasteiger partial charge < -0.3 is 15.5 Å². The molecule has 2 aliphatic rings. The number of nitrogens with zero attached hydrogens (tertiary/aromatic N) is 2. The second-order valence-corrected chi connectivity index (χ2v) is 8.26. The normalized spacial score (nSPS) is 19.5. The average molecular weight is 464 g/mol. The highest BCUT2D eigenvalue weighted by molar-refractivity contribution is 6.03. The number of hydrogen-bond donors (Lipinski definition) is 2. The fourth-order valence-corrected chi connectivity index (χ4v) is 4.27. The fourth-order valence-electron chi connectivity index (χ4n) is 4.27. The Kier molecular flexibility index (Phi) is 6.85. The zero-order valence-corrected chi connectivity index (χ0v) is 18.7. The summed E-state index contributed by atoms with van der Waals surface area (Å²) in [5.41, 5.74) is 0.250. The number of urea groups is 1. The minimum absolute atomic E-state index is 0.0525. The summed E-state index contributed by atoms with van der Waals surface area (Å²) in [4.78, 5) is 42.0. The van der Waals surface area contributed by atoms with Crippen LogP contribution >= 0.6 is 0 Å². The van der Waals surface area contributed by atoms with Gasteiger partial charge in [0, 0.05) is 13.1 Å². The molecule has 10 heteroatoms. The molecule has 2 heterocycles. The number of carbonyl (C=O) groups is 3. The summed E-state index contributed by atoms with van der Waals surface area (Å²) < 4.78 is 39.0. The molecule has 0 radical (unpaired) electrons. The molecular formula is C23H27F3N4O3. The van der Waals surface area contributed by atoms with E-state index in [1.807, 2.05) is 13.8 Å². The number of alkyl halides is 3. The third kappa shape index (κ3) is 4.60. The molecule has 0 saturated heterocycles. The second kappa shape index (κ2) is 9.29. The van der Waals surface area contributed by atoms with Crippen LogP contribution in [-0.4, -0.2) is 53.3 Å². The number of rotatable bonds is 7. The number of likely N-dealkylation sites (N-methyl/N-ethyl adjacent to an activating group) is 1. The molecular weight excluding hydrogens is 437 g/mol. The van der Waals surface area contributed by atoms with Crippen molar-refractivity contribution in [1.82, 2.24) is 20.4 Å². The highest BCUT2D eigenvalue weighted by atomic mass is 19.4. The lowest BCUT2D eigenvalue weighted by Gasteiger charge is -2.33. The largest absolute Gasteiger partial charge is 0.416 e. The van der Waals surface area contributed by atoms with Gasteiger partial charge in [-0.3, -0.25) is 14.5 Å². The van der Waals surface area contributed by atoms with Crippen molar-refractivity contribution in [3.63, 3.8) is 0 Å². The number of benzene rings is 1. The minimum atomic E-state index is -4.50. The van der Waals surface area contributed by atoms with Gasteiger partial charge in [-0.1, -0.05) is 32.1 Å². The van der Waals surface area contributed by atoms with Crippen LogP contribution in [0.4, 0.5) is 18.0 Å². The van der Waals surface area contributed by atoms with Gasteiger partial charge in [0.1, 0.15) is 6.04 Å². The molecule has 0 fully saturated rings. The van der Waals surface area contributed by atoms with Crippen LogP contribution in [0.25, 0.3) is 0 Å². The molecule has 0 saturated carbocycles. The molecule has 2 aliphatic heterocycles. The maximum Gasteiger partial charge on any atom is 0.416 e. The Hall–Kier alpha value is -3.30. The lowest BCUT2D eigenvalue weighted by atomic mass is 9.94. The van der Waals surface area contributed by atoms with Crippen LogP contribution in [0.2, 0.25) is 0 Å². The summed E-state index contributed by atoms with van der Waals surface area (Å²) in [6.07, 6.45) is -2.96. The molecule has 3 rings (SSSR count). The van der Waals surface area contributed by atoms with Gasteiger partial charge in [0.25, 0.3) is 5.91 Å². The van der Waals surface area contributed by atoms with Crippen molar-refractivity contribution in [3.05, 3.63) is 59.3 Å². The molecule has 0 unspecified atom stereocenters. The maximum atomic E-state index is 13.6. The molecule has 0 aliphatic carbocycles. The Morgan fingerprint density at radius 2 is 1.91 bits per heavy atom. The van der Waals surface area contributed by atoms with Gasteiger partial charge in [0.05, 0.1) is 29.4 Å². The van der Waals surface area contributed by atoms with Gasteiger partial charge in [0.2, 0.25) is 5.91 Å². The first kappa shape index (κ1) is 24.3. The summed E-state index contributed by atoms with van der Waals surface area (Å²) >= 11 is 0. The van der Waals surface area contributed by atoms with Gasteiger partial charge in [-0.25, -0.2) is 4.79 Å². The Balaban J connectivity index is 2.00. The van der Waals surface area contributed by atoms with Gasteiger partial charge in [-0.2, -0.15) is 13.2 Å². The number of carbonyl (C=O) groups excluding carboxylic acids is 3. The topological polar surface area (TPSA) is 81.8 Å². The molecule has 1 aromatic carbocycles. The smallest absolute Gasteiger partial charge is 0.351 e. The van der Waals surface area contributed by atoms with Crippen LogP contribution in [0, 0.1) is 5.92 Å². The average Bonchev–Trinajstić information content (AvgIpc) is 3.07. The highest BCUT2D eigenvalue weighted by Gasteiger charge is 2.47. The number of nitrogens with one attached hydrogen (secondary N) is 2. The summed E-state index contributed by atoms with van der Waals surface area (Å²) in [5.74, 6) is -0.990. The molecule has 33 heavy (non-hydrogen) atoms. The third-order valence-corrected chi connectivity index (χ3v) is 5.79. The number of amides is 4. The van der Waals surface area contributed by atoms with Gasteiger partial charge >= 0.3 is 12.2 Å². The Labute approximate surface area is 190 Å².